The van der Waals surface area contributed by atoms with Crippen LogP contribution in [0, 0.1) is 0 Å². The highest BCUT2D eigenvalue weighted by Gasteiger charge is 2.39. The summed E-state index contributed by atoms with van der Waals surface area (Å²) in [6.07, 6.45) is -4.94. The van der Waals surface area contributed by atoms with Gasteiger partial charge in [0.05, 0.1) is 6.10 Å². The van der Waals surface area contributed by atoms with Gasteiger partial charge in [0.25, 0.3) is 0 Å². The first kappa shape index (κ1) is 8.89. The third-order valence-corrected chi connectivity index (χ3v) is 1.89. The lowest BCUT2D eigenvalue weighted by Crippen LogP contribution is -2.59. The summed E-state index contributed by atoms with van der Waals surface area (Å²) >= 11 is 0. The van der Waals surface area contributed by atoms with E-state index in [0.717, 1.165) is 0 Å². The Kier molecular flexibility index (Phi) is 2.46. The Labute approximate surface area is 64.4 Å². The van der Waals surface area contributed by atoms with E-state index in [1.807, 2.05) is 0 Å². The van der Waals surface area contributed by atoms with Crippen molar-refractivity contribution in [1.29, 1.82) is 0 Å². The van der Waals surface area contributed by atoms with E-state index in [1.54, 1.807) is 6.92 Å². The number of hydrogen-bond donors (Lipinski definition) is 4. The first-order valence-electron chi connectivity index (χ1n) is 3.49. The molecule has 0 aliphatic carbocycles. The zero-order valence-corrected chi connectivity index (χ0v) is 6.21. The Balaban J connectivity index is 2.63. The second-order valence-electron chi connectivity index (χ2n) is 2.78. The van der Waals surface area contributed by atoms with Gasteiger partial charge in [-0.05, 0) is 6.92 Å². The van der Waals surface area contributed by atoms with E-state index in [1.165, 1.54) is 0 Å². The summed E-state index contributed by atoms with van der Waals surface area (Å²) < 4.78 is 4.90. The molecule has 1 rings (SSSR count). The molecular formula is C6H13NO4. The first-order valence-corrected chi connectivity index (χ1v) is 3.49. The summed E-state index contributed by atoms with van der Waals surface area (Å²) in [7, 11) is 0. The van der Waals surface area contributed by atoms with Crippen molar-refractivity contribution in [2.24, 2.45) is 5.73 Å². The van der Waals surface area contributed by atoms with Gasteiger partial charge in [0.15, 0.2) is 0 Å². The maximum atomic E-state index is 9.14. The van der Waals surface area contributed by atoms with Gasteiger partial charge in [-0.2, -0.15) is 0 Å². The van der Waals surface area contributed by atoms with Gasteiger partial charge in [0, 0.05) is 0 Å². The van der Waals surface area contributed by atoms with Crippen molar-refractivity contribution in [3.8, 4) is 0 Å². The van der Waals surface area contributed by atoms with E-state index < -0.39 is 30.6 Å². The van der Waals surface area contributed by atoms with Crippen LogP contribution in [0.1, 0.15) is 6.92 Å². The number of aliphatic hydroxyl groups excluding tert-OH is 3. The molecule has 0 saturated carbocycles. The van der Waals surface area contributed by atoms with Crippen LogP contribution in [0.25, 0.3) is 0 Å². The van der Waals surface area contributed by atoms with Gasteiger partial charge in [-0.25, -0.2) is 0 Å². The molecule has 1 aliphatic heterocycles. The van der Waals surface area contributed by atoms with Crippen molar-refractivity contribution in [3.63, 3.8) is 0 Å². The molecule has 0 aromatic heterocycles. The monoisotopic (exact) mass is 163 g/mol. The lowest BCUT2D eigenvalue weighted by atomic mass is 9.99. The summed E-state index contributed by atoms with van der Waals surface area (Å²) in [5, 5.41) is 27.3. The van der Waals surface area contributed by atoms with E-state index in [4.69, 9.17) is 25.8 Å². The van der Waals surface area contributed by atoms with Crippen molar-refractivity contribution >= 4 is 0 Å². The minimum Gasteiger partial charge on any atom is -0.388 e. The molecule has 1 aliphatic rings. The fourth-order valence-corrected chi connectivity index (χ4v) is 1.08. The molecule has 0 amide bonds. The van der Waals surface area contributed by atoms with Crippen LogP contribution in [0.15, 0.2) is 0 Å². The summed E-state index contributed by atoms with van der Waals surface area (Å²) in [5.41, 5.74) is 5.28. The fourth-order valence-electron chi connectivity index (χ4n) is 1.08. The molecule has 0 bridgehead atoms. The van der Waals surface area contributed by atoms with Crippen molar-refractivity contribution < 1.29 is 20.1 Å². The largest absolute Gasteiger partial charge is 0.388 e. The minimum atomic E-state index is -1.21. The van der Waals surface area contributed by atoms with E-state index in [0.29, 0.717) is 0 Å². The van der Waals surface area contributed by atoms with Gasteiger partial charge >= 0.3 is 0 Å². The zero-order valence-electron chi connectivity index (χ0n) is 6.21. The molecule has 0 aromatic rings. The average Bonchev–Trinajstić information content (AvgIpc) is 1.97. The number of rotatable bonds is 0. The smallest absolute Gasteiger partial charge is 0.135 e. The summed E-state index contributed by atoms with van der Waals surface area (Å²) in [6.45, 7) is 1.58. The molecule has 0 aromatic carbocycles. The van der Waals surface area contributed by atoms with Gasteiger partial charge in [-0.3, -0.25) is 0 Å². The van der Waals surface area contributed by atoms with Gasteiger partial charge < -0.3 is 25.8 Å². The number of nitrogens with two attached hydrogens (primary N) is 1. The molecular weight excluding hydrogens is 150 g/mol. The standard InChI is InChI=1S/C6H13NO4/c1-2-3(8)4(9)5(10)6(7)11-2/h2-6,8-10H,7H2,1H3/t2?,3-,4?,5?,6+/m0/s1. The van der Waals surface area contributed by atoms with Crippen LogP contribution in [-0.4, -0.2) is 46.0 Å². The second-order valence-corrected chi connectivity index (χ2v) is 2.78. The molecule has 5 nitrogen and oxygen atoms in total. The van der Waals surface area contributed by atoms with Gasteiger partial charge in [0.1, 0.15) is 24.5 Å². The molecule has 66 valence electrons. The maximum absolute atomic E-state index is 9.14. The summed E-state index contributed by atoms with van der Waals surface area (Å²) in [5.74, 6) is 0. The van der Waals surface area contributed by atoms with Crippen molar-refractivity contribution in [2.75, 3.05) is 0 Å². The van der Waals surface area contributed by atoms with Crippen molar-refractivity contribution in [1.82, 2.24) is 0 Å². The van der Waals surface area contributed by atoms with Crippen LogP contribution in [0.5, 0.6) is 0 Å². The van der Waals surface area contributed by atoms with E-state index in [2.05, 4.69) is 0 Å². The number of hydrogen-bond acceptors (Lipinski definition) is 5. The molecule has 5 atom stereocenters. The Bertz CT molecular complexity index is 129. The molecule has 0 radical (unpaired) electrons. The molecule has 11 heavy (non-hydrogen) atoms. The molecule has 1 fully saturated rings. The first-order chi connectivity index (χ1) is 5.04. The number of aliphatic hydroxyl groups is 3. The quantitative estimate of drug-likeness (QED) is 0.324. The summed E-state index contributed by atoms with van der Waals surface area (Å²) in [6, 6.07) is 0. The Morgan fingerprint density at radius 2 is 1.64 bits per heavy atom. The van der Waals surface area contributed by atoms with E-state index >= 15 is 0 Å². The van der Waals surface area contributed by atoms with E-state index in [9.17, 15) is 0 Å². The topological polar surface area (TPSA) is 95.9 Å². The molecule has 1 saturated heterocycles. The highest BCUT2D eigenvalue weighted by molar-refractivity contribution is 4.87. The molecule has 5 heteroatoms. The lowest BCUT2D eigenvalue weighted by molar-refractivity contribution is -0.215. The Morgan fingerprint density at radius 1 is 1.09 bits per heavy atom. The molecule has 3 unspecified atom stereocenters. The van der Waals surface area contributed by atoms with Crippen molar-refractivity contribution in [3.05, 3.63) is 0 Å². The van der Waals surface area contributed by atoms with Crippen LogP contribution in [0.4, 0.5) is 0 Å². The number of ether oxygens (including phenoxy) is 1. The predicted octanol–water partition coefficient (Wildman–Crippen LogP) is -2.23. The minimum absolute atomic E-state index is 0.539. The predicted molar refractivity (Wildman–Crippen MR) is 36.5 cm³/mol. The average molecular weight is 163 g/mol. The normalized spacial score (nSPS) is 52.6. The van der Waals surface area contributed by atoms with Gasteiger partial charge in [-0.1, -0.05) is 0 Å². The van der Waals surface area contributed by atoms with Crippen LogP contribution >= 0.6 is 0 Å². The third kappa shape index (κ3) is 1.52. The molecule has 5 N–H and O–H groups in total. The maximum Gasteiger partial charge on any atom is 0.135 e. The van der Waals surface area contributed by atoms with E-state index in [-0.39, 0.29) is 0 Å². The SMILES string of the molecule is CC1O[C@@H](N)C(O)C(O)[C@H]1O. The Morgan fingerprint density at radius 3 is 2.18 bits per heavy atom. The van der Waals surface area contributed by atoms with Crippen LogP contribution in [-0.2, 0) is 4.74 Å². The van der Waals surface area contributed by atoms with Crippen molar-refractivity contribution in [2.45, 2.75) is 37.6 Å². The highest BCUT2D eigenvalue weighted by Crippen LogP contribution is 2.17. The molecule has 1 heterocycles. The zero-order chi connectivity index (χ0) is 8.59. The fraction of sp³-hybridized carbons (Fsp3) is 1.00. The van der Waals surface area contributed by atoms with Crippen LogP contribution < -0.4 is 5.73 Å². The molecule has 0 spiro atoms. The highest BCUT2D eigenvalue weighted by atomic mass is 16.5. The lowest BCUT2D eigenvalue weighted by Gasteiger charge is -2.37. The van der Waals surface area contributed by atoms with Gasteiger partial charge in [0.2, 0.25) is 0 Å². The third-order valence-electron chi connectivity index (χ3n) is 1.89. The van der Waals surface area contributed by atoms with Crippen LogP contribution in [0.3, 0.4) is 0 Å². The Hall–Kier alpha value is -0.200. The second kappa shape index (κ2) is 3.04. The van der Waals surface area contributed by atoms with Gasteiger partial charge in [-0.15, -0.1) is 0 Å². The van der Waals surface area contributed by atoms with Crippen LogP contribution in [0.2, 0.25) is 0 Å². The summed E-state index contributed by atoms with van der Waals surface area (Å²) in [4.78, 5) is 0.